The van der Waals surface area contributed by atoms with E-state index in [0.29, 0.717) is 32.6 Å². The minimum atomic E-state index is -0.773. The van der Waals surface area contributed by atoms with Crippen LogP contribution in [0.2, 0.25) is 0 Å². The molecule has 1 amide bonds. The predicted molar refractivity (Wildman–Crippen MR) is 92.0 cm³/mol. The van der Waals surface area contributed by atoms with Gasteiger partial charge in [0.05, 0.1) is 12.5 Å². The Bertz CT molecular complexity index is 614. The van der Waals surface area contributed by atoms with Crippen molar-refractivity contribution in [2.24, 2.45) is 5.92 Å². The molecule has 2 aliphatic heterocycles. The van der Waals surface area contributed by atoms with Gasteiger partial charge in [0.1, 0.15) is 5.82 Å². The lowest BCUT2D eigenvalue weighted by Gasteiger charge is -2.38. The zero-order chi connectivity index (χ0) is 17.8. The van der Waals surface area contributed by atoms with Crippen molar-refractivity contribution in [1.29, 1.82) is 0 Å². The maximum Gasteiger partial charge on any atom is 0.307 e. The van der Waals surface area contributed by atoms with Crippen molar-refractivity contribution in [2.45, 2.75) is 12.8 Å². The summed E-state index contributed by atoms with van der Waals surface area (Å²) in [5.41, 5.74) is 0.967. The summed E-state index contributed by atoms with van der Waals surface area (Å²) in [5.74, 6) is -1.33. The number of halogens is 1. The Morgan fingerprint density at radius 3 is 2.40 bits per heavy atom. The van der Waals surface area contributed by atoms with Crippen LogP contribution < -0.4 is 4.90 Å². The van der Waals surface area contributed by atoms with Crippen LogP contribution in [0.1, 0.15) is 12.8 Å². The van der Waals surface area contributed by atoms with Crippen LogP contribution >= 0.6 is 0 Å². The highest BCUT2D eigenvalue weighted by Gasteiger charge is 2.28. The Kier molecular flexibility index (Phi) is 5.53. The molecule has 0 bridgehead atoms. The number of carbonyl (C=O) groups is 2. The molecule has 0 aromatic heterocycles. The highest BCUT2D eigenvalue weighted by atomic mass is 19.1. The van der Waals surface area contributed by atoms with Gasteiger partial charge in [0.15, 0.2) is 0 Å². The number of nitrogens with zero attached hydrogens (tertiary/aromatic N) is 3. The van der Waals surface area contributed by atoms with E-state index < -0.39 is 5.97 Å². The summed E-state index contributed by atoms with van der Waals surface area (Å²) in [6.07, 6.45) is 1.51. The van der Waals surface area contributed by atoms with Gasteiger partial charge in [-0.2, -0.15) is 0 Å². The molecule has 2 fully saturated rings. The predicted octanol–water partition coefficient (Wildman–Crippen LogP) is 1.27. The van der Waals surface area contributed by atoms with Gasteiger partial charge in [-0.05, 0) is 43.7 Å². The van der Waals surface area contributed by atoms with Crippen LogP contribution in [0.25, 0.3) is 0 Å². The molecule has 1 atom stereocenters. The fourth-order valence-electron chi connectivity index (χ4n) is 3.56. The van der Waals surface area contributed by atoms with Crippen molar-refractivity contribution in [1.82, 2.24) is 9.80 Å². The van der Waals surface area contributed by atoms with Gasteiger partial charge in [-0.15, -0.1) is 0 Å². The standard InChI is InChI=1S/C18H24FN3O3/c19-15-3-5-16(6-4-15)21-8-10-22(11-9-21)17(23)13-20-7-1-2-14(12-20)18(24)25/h3-6,14H,1-2,7-13H2,(H,24,25). The molecule has 7 heteroatoms. The molecule has 2 heterocycles. The molecule has 6 nitrogen and oxygen atoms in total. The molecule has 0 radical (unpaired) electrons. The largest absolute Gasteiger partial charge is 0.481 e. The second-order valence-electron chi connectivity index (χ2n) is 6.76. The fraction of sp³-hybridized carbons (Fsp3) is 0.556. The van der Waals surface area contributed by atoms with E-state index in [1.54, 1.807) is 12.1 Å². The van der Waals surface area contributed by atoms with Crippen molar-refractivity contribution in [2.75, 3.05) is 50.7 Å². The van der Waals surface area contributed by atoms with Gasteiger partial charge in [0, 0.05) is 38.4 Å². The van der Waals surface area contributed by atoms with E-state index in [1.165, 1.54) is 12.1 Å². The van der Waals surface area contributed by atoms with E-state index in [0.717, 1.165) is 31.7 Å². The van der Waals surface area contributed by atoms with Gasteiger partial charge < -0.3 is 14.9 Å². The van der Waals surface area contributed by atoms with Crippen molar-refractivity contribution in [3.05, 3.63) is 30.1 Å². The van der Waals surface area contributed by atoms with Crippen molar-refractivity contribution >= 4 is 17.6 Å². The summed E-state index contributed by atoms with van der Waals surface area (Å²) >= 11 is 0. The number of hydrogen-bond acceptors (Lipinski definition) is 4. The fourth-order valence-corrected chi connectivity index (χ4v) is 3.56. The number of carbonyl (C=O) groups excluding carboxylic acids is 1. The van der Waals surface area contributed by atoms with Gasteiger partial charge in [0.2, 0.25) is 5.91 Å². The highest BCUT2D eigenvalue weighted by Crippen LogP contribution is 2.19. The van der Waals surface area contributed by atoms with Gasteiger partial charge in [-0.25, -0.2) is 4.39 Å². The number of benzene rings is 1. The summed E-state index contributed by atoms with van der Waals surface area (Å²) in [6, 6.07) is 6.41. The summed E-state index contributed by atoms with van der Waals surface area (Å²) in [4.78, 5) is 29.6. The molecule has 1 aromatic carbocycles. The Balaban J connectivity index is 1.48. The number of piperidine rings is 1. The smallest absolute Gasteiger partial charge is 0.307 e. The van der Waals surface area contributed by atoms with Crippen molar-refractivity contribution in [3.8, 4) is 0 Å². The van der Waals surface area contributed by atoms with E-state index in [1.807, 2.05) is 9.80 Å². The molecule has 2 aliphatic rings. The van der Waals surface area contributed by atoms with Crippen LogP contribution in [0, 0.1) is 11.7 Å². The minimum Gasteiger partial charge on any atom is -0.481 e. The summed E-state index contributed by atoms with van der Waals surface area (Å²) < 4.78 is 13.0. The summed E-state index contributed by atoms with van der Waals surface area (Å²) in [5, 5.41) is 9.14. The lowest BCUT2D eigenvalue weighted by atomic mass is 9.98. The number of amides is 1. The number of carboxylic acids is 1. The molecule has 0 saturated carbocycles. The number of piperazine rings is 1. The minimum absolute atomic E-state index is 0.0600. The Hall–Kier alpha value is -2.15. The average Bonchev–Trinajstić information content (AvgIpc) is 2.63. The molecule has 3 rings (SSSR count). The van der Waals surface area contributed by atoms with Crippen LogP contribution in [-0.2, 0) is 9.59 Å². The quantitative estimate of drug-likeness (QED) is 0.887. The molecule has 1 unspecified atom stereocenters. The molecule has 1 N–H and O–H groups in total. The first-order valence-electron chi connectivity index (χ1n) is 8.76. The van der Waals surface area contributed by atoms with Crippen LogP contribution in [-0.4, -0.2) is 72.6 Å². The van der Waals surface area contributed by atoms with E-state index >= 15 is 0 Å². The van der Waals surface area contributed by atoms with Crippen molar-refractivity contribution < 1.29 is 19.1 Å². The van der Waals surface area contributed by atoms with Crippen LogP contribution in [0.15, 0.2) is 24.3 Å². The highest BCUT2D eigenvalue weighted by molar-refractivity contribution is 5.79. The van der Waals surface area contributed by atoms with Gasteiger partial charge in [-0.1, -0.05) is 0 Å². The van der Waals surface area contributed by atoms with E-state index in [9.17, 15) is 14.0 Å². The Morgan fingerprint density at radius 1 is 1.08 bits per heavy atom. The van der Waals surface area contributed by atoms with Crippen LogP contribution in [0.3, 0.4) is 0 Å². The number of anilines is 1. The SMILES string of the molecule is O=C(O)C1CCCN(CC(=O)N2CCN(c3ccc(F)cc3)CC2)C1. The Morgan fingerprint density at radius 2 is 1.76 bits per heavy atom. The van der Waals surface area contributed by atoms with Crippen molar-refractivity contribution in [3.63, 3.8) is 0 Å². The molecule has 0 spiro atoms. The van der Waals surface area contributed by atoms with Crippen LogP contribution in [0.5, 0.6) is 0 Å². The summed E-state index contributed by atoms with van der Waals surface area (Å²) in [6.45, 7) is 4.23. The Labute approximate surface area is 146 Å². The monoisotopic (exact) mass is 349 g/mol. The molecule has 136 valence electrons. The van der Waals surface area contributed by atoms with Gasteiger partial charge >= 0.3 is 5.97 Å². The molecular weight excluding hydrogens is 325 g/mol. The first kappa shape index (κ1) is 17.7. The zero-order valence-electron chi connectivity index (χ0n) is 14.2. The lowest BCUT2D eigenvalue weighted by Crippen LogP contribution is -2.52. The third kappa shape index (κ3) is 4.48. The number of hydrogen-bond donors (Lipinski definition) is 1. The average molecular weight is 349 g/mol. The zero-order valence-corrected chi connectivity index (χ0v) is 14.2. The second kappa shape index (κ2) is 7.82. The molecular formula is C18H24FN3O3. The third-order valence-electron chi connectivity index (χ3n) is 5.04. The number of aliphatic carboxylic acids is 1. The maximum atomic E-state index is 13.0. The topological polar surface area (TPSA) is 64.1 Å². The van der Waals surface area contributed by atoms with E-state index in [2.05, 4.69) is 4.90 Å². The van der Waals surface area contributed by atoms with E-state index in [4.69, 9.17) is 5.11 Å². The third-order valence-corrected chi connectivity index (χ3v) is 5.04. The number of likely N-dealkylation sites (tertiary alicyclic amines) is 1. The van der Waals surface area contributed by atoms with Gasteiger partial charge in [0.25, 0.3) is 0 Å². The lowest BCUT2D eigenvalue weighted by molar-refractivity contribution is -0.145. The second-order valence-corrected chi connectivity index (χ2v) is 6.76. The molecule has 2 saturated heterocycles. The summed E-state index contributed by atoms with van der Waals surface area (Å²) in [7, 11) is 0. The van der Waals surface area contributed by atoms with Crippen LogP contribution in [0.4, 0.5) is 10.1 Å². The van der Waals surface area contributed by atoms with Gasteiger partial charge in [-0.3, -0.25) is 14.5 Å². The first-order valence-corrected chi connectivity index (χ1v) is 8.76. The molecule has 1 aromatic rings. The molecule has 25 heavy (non-hydrogen) atoms. The first-order chi connectivity index (χ1) is 12.0. The van der Waals surface area contributed by atoms with E-state index in [-0.39, 0.29) is 17.6 Å². The number of carboxylic acid groups (broad SMARTS) is 1. The normalized spacial score (nSPS) is 22.0. The molecule has 0 aliphatic carbocycles. The number of rotatable bonds is 4. The maximum absolute atomic E-state index is 13.0.